The van der Waals surface area contributed by atoms with Gasteiger partial charge in [-0.25, -0.2) is 8.78 Å². The van der Waals surface area contributed by atoms with Crippen molar-refractivity contribution in [2.75, 3.05) is 26.2 Å². The van der Waals surface area contributed by atoms with Crippen molar-refractivity contribution in [3.8, 4) is 0 Å². The second-order valence-electron chi connectivity index (χ2n) is 8.21. The molecule has 1 unspecified atom stereocenters. The maximum atomic E-state index is 13.8. The van der Waals surface area contributed by atoms with Gasteiger partial charge in [0.1, 0.15) is 17.0 Å². The van der Waals surface area contributed by atoms with Crippen molar-refractivity contribution >= 4 is 11.9 Å². The molecule has 0 radical (unpaired) electrons. The summed E-state index contributed by atoms with van der Waals surface area (Å²) in [5, 5.41) is 9.93. The molecule has 0 aromatic heterocycles. The molecule has 146 valence electrons. The molecule has 1 aromatic rings. The Hall–Kier alpha value is -2.02. The zero-order valence-corrected chi connectivity index (χ0v) is 15.2. The number of halogens is 2. The van der Waals surface area contributed by atoms with Gasteiger partial charge in [-0.3, -0.25) is 14.5 Å². The van der Waals surface area contributed by atoms with Crippen molar-refractivity contribution in [2.45, 2.75) is 38.1 Å². The van der Waals surface area contributed by atoms with E-state index in [0.29, 0.717) is 25.7 Å². The van der Waals surface area contributed by atoms with Crippen LogP contribution in [0.15, 0.2) is 18.2 Å². The number of benzene rings is 1. The van der Waals surface area contributed by atoms with Gasteiger partial charge in [-0.1, -0.05) is 18.9 Å². The molecule has 7 heteroatoms. The second-order valence-corrected chi connectivity index (χ2v) is 8.21. The number of aliphatic carboxylic acids is 1. The Labute approximate surface area is 156 Å². The topological polar surface area (TPSA) is 60.9 Å². The fourth-order valence-corrected chi connectivity index (χ4v) is 5.08. The summed E-state index contributed by atoms with van der Waals surface area (Å²) in [6.07, 6.45) is 4.45. The van der Waals surface area contributed by atoms with Crippen LogP contribution in [0.5, 0.6) is 0 Å². The Kier molecular flexibility index (Phi) is 4.66. The molecule has 1 aromatic carbocycles. The molecule has 27 heavy (non-hydrogen) atoms. The number of likely N-dealkylation sites (tertiary alicyclic amines) is 2. The number of amides is 1. The molecule has 3 fully saturated rings. The summed E-state index contributed by atoms with van der Waals surface area (Å²) in [7, 11) is 0. The van der Waals surface area contributed by atoms with Crippen LogP contribution in [0.25, 0.3) is 0 Å². The molecule has 2 heterocycles. The molecule has 0 spiro atoms. The highest BCUT2D eigenvalue weighted by Crippen LogP contribution is 2.45. The first-order chi connectivity index (χ1) is 12.9. The molecule has 1 saturated carbocycles. The van der Waals surface area contributed by atoms with Crippen molar-refractivity contribution < 1.29 is 23.5 Å². The summed E-state index contributed by atoms with van der Waals surface area (Å²) in [6.45, 7) is 1.73. The average Bonchev–Trinajstić information content (AvgIpc) is 3.30. The number of nitrogens with zero attached hydrogens (tertiary/aromatic N) is 2. The van der Waals surface area contributed by atoms with Gasteiger partial charge in [-0.15, -0.1) is 0 Å². The SMILES string of the molecule is O=C(Cc1ccc(F)cc1F)N1CC2CN(C3CCCC3)C[C@]2(C(=O)O)C1. The highest BCUT2D eigenvalue weighted by atomic mass is 19.1. The van der Waals surface area contributed by atoms with Crippen LogP contribution in [0.1, 0.15) is 31.2 Å². The number of hydrogen-bond acceptors (Lipinski definition) is 3. The number of fused-ring (bicyclic) bond motifs is 1. The van der Waals surface area contributed by atoms with Gasteiger partial charge in [0.2, 0.25) is 5.91 Å². The van der Waals surface area contributed by atoms with Crippen LogP contribution in [-0.2, 0) is 16.0 Å². The minimum atomic E-state index is -0.931. The van der Waals surface area contributed by atoms with Crippen LogP contribution < -0.4 is 0 Å². The minimum Gasteiger partial charge on any atom is -0.481 e. The van der Waals surface area contributed by atoms with Gasteiger partial charge in [0.05, 0.1) is 6.42 Å². The van der Waals surface area contributed by atoms with Crippen LogP contribution in [-0.4, -0.2) is 59.0 Å². The van der Waals surface area contributed by atoms with Crippen molar-refractivity contribution in [3.05, 3.63) is 35.4 Å². The lowest BCUT2D eigenvalue weighted by molar-refractivity contribution is -0.149. The lowest BCUT2D eigenvalue weighted by Gasteiger charge is -2.28. The molecular formula is C20H24F2N2O3. The summed E-state index contributed by atoms with van der Waals surface area (Å²) >= 11 is 0. The Balaban J connectivity index is 1.46. The third-order valence-electron chi connectivity index (χ3n) is 6.61. The van der Waals surface area contributed by atoms with Crippen molar-refractivity contribution in [2.24, 2.45) is 11.3 Å². The summed E-state index contributed by atoms with van der Waals surface area (Å²) in [5.74, 6) is -2.68. The molecular weight excluding hydrogens is 354 g/mol. The monoisotopic (exact) mass is 378 g/mol. The minimum absolute atomic E-state index is 0.0994. The lowest BCUT2D eigenvalue weighted by atomic mass is 9.81. The molecule has 4 rings (SSSR count). The van der Waals surface area contributed by atoms with Crippen LogP contribution in [0.2, 0.25) is 0 Å². The molecule has 0 bridgehead atoms. The van der Waals surface area contributed by atoms with E-state index in [1.807, 2.05) is 0 Å². The first-order valence-electron chi connectivity index (χ1n) is 9.58. The van der Waals surface area contributed by atoms with Crippen LogP contribution in [0.3, 0.4) is 0 Å². The Morgan fingerprint density at radius 2 is 1.89 bits per heavy atom. The molecule has 2 atom stereocenters. The van der Waals surface area contributed by atoms with Gasteiger partial charge < -0.3 is 10.0 Å². The number of hydrogen-bond donors (Lipinski definition) is 1. The fraction of sp³-hybridized carbons (Fsp3) is 0.600. The van der Waals surface area contributed by atoms with E-state index >= 15 is 0 Å². The maximum Gasteiger partial charge on any atom is 0.313 e. The summed E-state index contributed by atoms with van der Waals surface area (Å²) < 4.78 is 26.9. The largest absolute Gasteiger partial charge is 0.481 e. The number of carboxylic acid groups (broad SMARTS) is 1. The van der Waals surface area contributed by atoms with Gasteiger partial charge in [-0.2, -0.15) is 0 Å². The van der Waals surface area contributed by atoms with Crippen LogP contribution >= 0.6 is 0 Å². The highest BCUT2D eigenvalue weighted by Gasteiger charge is 2.59. The summed E-state index contributed by atoms with van der Waals surface area (Å²) in [4.78, 5) is 28.6. The summed E-state index contributed by atoms with van der Waals surface area (Å²) in [5.41, 5.74) is -0.796. The van der Waals surface area contributed by atoms with Crippen LogP contribution in [0, 0.1) is 23.0 Å². The molecule has 2 saturated heterocycles. The third-order valence-corrected chi connectivity index (χ3v) is 6.61. The lowest BCUT2D eigenvalue weighted by Crippen LogP contribution is -2.43. The van der Waals surface area contributed by atoms with E-state index in [1.54, 1.807) is 4.90 Å². The predicted octanol–water partition coefficient (Wildman–Crippen LogP) is 2.29. The van der Waals surface area contributed by atoms with E-state index in [9.17, 15) is 23.5 Å². The first-order valence-corrected chi connectivity index (χ1v) is 9.58. The van der Waals surface area contributed by atoms with E-state index < -0.39 is 23.0 Å². The standard InChI is InChI=1S/C20H24F2N2O3/c21-15-6-5-13(17(22)8-15)7-18(25)24-10-14-9-23(16-3-1-2-4-16)11-20(14,12-24)19(26)27/h5-6,8,14,16H,1-4,7,9-12H2,(H,26,27)/t14?,20-/m0/s1. The molecule has 5 nitrogen and oxygen atoms in total. The van der Waals surface area contributed by atoms with Gasteiger partial charge in [0.15, 0.2) is 0 Å². The molecule has 1 N–H and O–H groups in total. The second kappa shape index (κ2) is 6.86. The van der Waals surface area contributed by atoms with Gasteiger partial charge >= 0.3 is 5.97 Å². The van der Waals surface area contributed by atoms with Gasteiger partial charge in [0.25, 0.3) is 0 Å². The van der Waals surface area contributed by atoms with Crippen molar-refractivity contribution in [1.82, 2.24) is 9.80 Å². The highest BCUT2D eigenvalue weighted by molar-refractivity contribution is 5.83. The van der Waals surface area contributed by atoms with Crippen LogP contribution in [0.4, 0.5) is 8.78 Å². The predicted molar refractivity (Wildman–Crippen MR) is 94.0 cm³/mol. The molecule has 3 aliphatic rings. The van der Waals surface area contributed by atoms with Crippen molar-refractivity contribution in [3.63, 3.8) is 0 Å². The van der Waals surface area contributed by atoms with E-state index in [0.717, 1.165) is 25.0 Å². The van der Waals surface area contributed by atoms with E-state index in [4.69, 9.17) is 0 Å². The normalized spacial score (nSPS) is 28.7. The maximum absolute atomic E-state index is 13.8. The van der Waals surface area contributed by atoms with Crippen molar-refractivity contribution in [1.29, 1.82) is 0 Å². The number of carboxylic acids is 1. The molecule has 2 aliphatic heterocycles. The number of carbonyl (C=O) groups excluding carboxylic acids is 1. The quantitative estimate of drug-likeness (QED) is 0.873. The number of rotatable bonds is 4. The zero-order chi connectivity index (χ0) is 19.2. The zero-order valence-electron chi connectivity index (χ0n) is 15.2. The smallest absolute Gasteiger partial charge is 0.313 e. The van der Waals surface area contributed by atoms with E-state index in [2.05, 4.69) is 4.90 Å². The summed E-state index contributed by atoms with van der Waals surface area (Å²) in [6, 6.07) is 3.63. The Bertz CT molecular complexity index is 766. The third kappa shape index (κ3) is 3.22. The average molecular weight is 378 g/mol. The Morgan fingerprint density at radius 1 is 1.15 bits per heavy atom. The fourth-order valence-electron chi connectivity index (χ4n) is 5.08. The molecule has 1 amide bonds. The number of carbonyl (C=O) groups is 2. The Morgan fingerprint density at radius 3 is 2.52 bits per heavy atom. The molecule has 1 aliphatic carbocycles. The van der Waals surface area contributed by atoms with E-state index in [-0.39, 0.29) is 30.4 Å². The van der Waals surface area contributed by atoms with Gasteiger partial charge in [-0.05, 0) is 24.5 Å². The first kappa shape index (κ1) is 18.3. The van der Waals surface area contributed by atoms with E-state index in [1.165, 1.54) is 18.9 Å². The van der Waals surface area contributed by atoms with Gasteiger partial charge in [0, 0.05) is 44.2 Å².